The maximum Gasteiger partial charge on any atom is 0.454 e. The molecule has 0 radical (unpaired) electrons. The lowest BCUT2D eigenvalue weighted by molar-refractivity contribution is -0.154. The second kappa shape index (κ2) is 7.08. The summed E-state index contributed by atoms with van der Waals surface area (Å²) in [6, 6.07) is 0. The van der Waals surface area contributed by atoms with Crippen LogP contribution in [-0.2, 0) is 13.7 Å². The zero-order chi connectivity index (χ0) is 21.5. The topological polar surface area (TPSA) is 27.7 Å². The van der Waals surface area contributed by atoms with Gasteiger partial charge in [0.2, 0.25) is 0 Å². The van der Waals surface area contributed by atoms with Gasteiger partial charge in [-0.1, -0.05) is 13.8 Å². The van der Waals surface area contributed by atoms with Crippen molar-refractivity contribution in [2.24, 2.45) is 34.5 Å². The third-order valence-electron chi connectivity index (χ3n) is 10.7. The van der Waals surface area contributed by atoms with Gasteiger partial charge in [-0.25, -0.2) is 0 Å². The minimum Gasteiger partial charge on any atom is -0.415 e. The van der Waals surface area contributed by atoms with Gasteiger partial charge in [-0.2, -0.15) is 0 Å². The van der Waals surface area contributed by atoms with Crippen molar-refractivity contribution in [3.8, 4) is 0 Å². The van der Waals surface area contributed by atoms with Gasteiger partial charge in [0.1, 0.15) is 0 Å². The lowest BCUT2D eigenvalue weighted by atomic mass is 9.44. The predicted molar refractivity (Wildman–Crippen MR) is 126 cm³/mol. The molecule has 1 saturated heterocycles. The first-order chi connectivity index (χ1) is 14.0. The van der Waals surface area contributed by atoms with Gasteiger partial charge in [0.15, 0.2) is 8.32 Å². The Hall–Kier alpha value is 0.162. The smallest absolute Gasteiger partial charge is 0.415 e. The molecule has 4 saturated carbocycles. The van der Waals surface area contributed by atoms with E-state index in [0.717, 1.165) is 23.7 Å². The molecule has 5 fully saturated rings. The molecule has 1 aliphatic heterocycles. The van der Waals surface area contributed by atoms with Crippen LogP contribution in [0.2, 0.25) is 26.5 Å². The fourth-order valence-electron chi connectivity index (χ4n) is 9.54. The van der Waals surface area contributed by atoms with E-state index in [1.54, 1.807) is 0 Å². The Kier molecular flexibility index (Phi) is 5.19. The van der Waals surface area contributed by atoms with E-state index in [1.165, 1.54) is 57.8 Å². The van der Waals surface area contributed by atoms with E-state index in [-0.39, 0.29) is 18.8 Å². The molecule has 5 aliphatic rings. The Morgan fingerprint density at radius 2 is 1.67 bits per heavy atom. The number of hydrogen-bond donors (Lipinski definition) is 0. The Bertz CT molecular complexity index is 682. The Morgan fingerprint density at radius 3 is 2.33 bits per heavy atom. The van der Waals surface area contributed by atoms with Gasteiger partial charge in [-0.15, -0.1) is 0 Å². The van der Waals surface area contributed by atoms with Crippen molar-refractivity contribution < 1.29 is 13.7 Å². The SMILES string of the molecule is CB1O[C@@H](C)[C@]2(CCC3C4CC[C@H]5C[C@@H](O[Si](C)(C)C)CCC5(C)C4CCC32C)O1. The molecule has 0 aromatic carbocycles. The maximum atomic E-state index is 6.63. The van der Waals surface area contributed by atoms with Crippen molar-refractivity contribution in [2.45, 2.75) is 123 Å². The molecule has 1 heterocycles. The second-order valence-corrected chi connectivity index (χ2v) is 17.6. The molecule has 3 nitrogen and oxygen atoms in total. The summed E-state index contributed by atoms with van der Waals surface area (Å²) in [4.78, 5) is 0. The van der Waals surface area contributed by atoms with Crippen LogP contribution < -0.4 is 0 Å². The first-order valence-electron chi connectivity index (χ1n) is 13.0. The predicted octanol–water partition coefficient (Wildman–Crippen LogP) is 6.54. The van der Waals surface area contributed by atoms with Crippen LogP contribution in [0.15, 0.2) is 0 Å². The highest BCUT2D eigenvalue weighted by molar-refractivity contribution is 6.69. The van der Waals surface area contributed by atoms with Crippen LogP contribution in [-0.4, -0.2) is 33.2 Å². The van der Waals surface area contributed by atoms with Crippen molar-refractivity contribution >= 4 is 15.4 Å². The van der Waals surface area contributed by atoms with Gasteiger partial charge in [0.25, 0.3) is 0 Å². The zero-order valence-corrected chi connectivity index (χ0v) is 21.6. The molecule has 30 heavy (non-hydrogen) atoms. The third kappa shape index (κ3) is 3.08. The van der Waals surface area contributed by atoms with Gasteiger partial charge in [-0.3, -0.25) is 0 Å². The van der Waals surface area contributed by atoms with E-state index in [1.807, 2.05) is 0 Å². The van der Waals surface area contributed by atoms with Crippen LogP contribution in [0.5, 0.6) is 0 Å². The number of hydrogen-bond acceptors (Lipinski definition) is 3. The molecule has 0 aromatic rings. The summed E-state index contributed by atoms with van der Waals surface area (Å²) in [7, 11) is -1.48. The summed E-state index contributed by atoms with van der Waals surface area (Å²) >= 11 is 0. The van der Waals surface area contributed by atoms with E-state index in [9.17, 15) is 0 Å². The lowest BCUT2D eigenvalue weighted by Gasteiger charge is -2.62. The Labute approximate surface area is 186 Å². The number of rotatable bonds is 2. The van der Waals surface area contributed by atoms with Crippen molar-refractivity contribution in [3.63, 3.8) is 0 Å². The molecule has 0 N–H and O–H groups in total. The molecule has 170 valence electrons. The summed E-state index contributed by atoms with van der Waals surface area (Å²) in [5.41, 5.74) is 0.785. The van der Waals surface area contributed by atoms with Crippen molar-refractivity contribution in [2.75, 3.05) is 0 Å². The Morgan fingerprint density at radius 1 is 0.933 bits per heavy atom. The average Bonchev–Trinajstić information content (AvgIpc) is 3.10. The van der Waals surface area contributed by atoms with Gasteiger partial charge in [0, 0.05) is 11.5 Å². The van der Waals surface area contributed by atoms with Gasteiger partial charge >= 0.3 is 7.12 Å². The minimum absolute atomic E-state index is 0.0387. The molecule has 0 bridgehead atoms. The fraction of sp³-hybridized carbons (Fsp3) is 1.00. The van der Waals surface area contributed by atoms with E-state index < -0.39 is 8.32 Å². The van der Waals surface area contributed by atoms with Crippen LogP contribution in [0.1, 0.15) is 78.6 Å². The standard InChI is InChI=1S/C25H45BO3Si/c1-17-25(29-26(4)27-17)15-12-22-20-9-8-18-16-19(28-30(5,6)7)10-13-23(18,2)21(20)11-14-24(22,25)3/h17-22H,8-16H2,1-7H3/t17-,18-,19-,20?,21?,22?,23?,24?,25-/m0/s1. The van der Waals surface area contributed by atoms with Gasteiger partial charge in [0.05, 0.1) is 11.7 Å². The van der Waals surface area contributed by atoms with Crippen molar-refractivity contribution in [1.82, 2.24) is 0 Å². The maximum absolute atomic E-state index is 6.63. The first-order valence-corrected chi connectivity index (χ1v) is 16.4. The molecule has 0 amide bonds. The quantitative estimate of drug-likeness (QED) is 0.464. The largest absolute Gasteiger partial charge is 0.454 e. The lowest BCUT2D eigenvalue weighted by Crippen LogP contribution is -2.59. The summed E-state index contributed by atoms with van der Waals surface area (Å²) in [5, 5.41) is 0. The highest BCUT2D eigenvalue weighted by Crippen LogP contribution is 2.70. The Balaban J connectivity index is 1.36. The summed E-state index contributed by atoms with van der Waals surface area (Å²) in [5.74, 6) is 3.50. The highest BCUT2D eigenvalue weighted by Gasteiger charge is 2.69. The normalized spacial score (nSPS) is 53.5. The van der Waals surface area contributed by atoms with E-state index in [2.05, 4.69) is 47.2 Å². The van der Waals surface area contributed by atoms with Crippen LogP contribution in [0.4, 0.5) is 0 Å². The molecular weight excluding hydrogens is 387 g/mol. The monoisotopic (exact) mass is 432 g/mol. The van der Waals surface area contributed by atoms with E-state index in [4.69, 9.17) is 13.7 Å². The van der Waals surface area contributed by atoms with Gasteiger partial charge < -0.3 is 13.7 Å². The van der Waals surface area contributed by atoms with Crippen LogP contribution in [0.3, 0.4) is 0 Å². The highest BCUT2D eigenvalue weighted by atomic mass is 28.4. The molecule has 5 rings (SSSR count). The molecule has 5 unspecified atom stereocenters. The van der Waals surface area contributed by atoms with E-state index in [0.29, 0.717) is 16.9 Å². The molecule has 0 aromatic heterocycles. The first kappa shape index (κ1) is 22.0. The molecule has 5 heteroatoms. The minimum atomic E-state index is -1.44. The van der Waals surface area contributed by atoms with Crippen molar-refractivity contribution in [1.29, 1.82) is 0 Å². The molecular formula is C25H45BO3Si. The van der Waals surface area contributed by atoms with E-state index >= 15 is 0 Å². The summed E-state index contributed by atoms with van der Waals surface area (Å²) in [6.07, 6.45) is 12.9. The van der Waals surface area contributed by atoms with Gasteiger partial charge in [-0.05, 0) is 120 Å². The molecule has 4 aliphatic carbocycles. The second-order valence-electron chi connectivity index (χ2n) is 13.1. The fourth-order valence-corrected chi connectivity index (χ4v) is 10.8. The van der Waals surface area contributed by atoms with Crippen LogP contribution in [0, 0.1) is 34.5 Å². The molecule has 1 spiro atoms. The summed E-state index contributed by atoms with van der Waals surface area (Å²) in [6.45, 7) is 16.7. The molecule has 9 atom stereocenters. The number of fused-ring (bicyclic) bond motifs is 6. The average molecular weight is 433 g/mol. The summed E-state index contributed by atoms with van der Waals surface area (Å²) < 4.78 is 19.4. The van der Waals surface area contributed by atoms with Crippen molar-refractivity contribution in [3.05, 3.63) is 0 Å². The van der Waals surface area contributed by atoms with Crippen LogP contribution in [0.25, 0.3) is 0 Å². The van der Waals surface area contributed by atoms with Crippen LogP contribution >= 0.6 is 0 Å². The zero-order valence-electron chi connectivity index (χ0n) is 20.6. The third-order valence-corrected chi connectivity index (χ3v) is 11.8.